The molecule has 0 rings (SSSR count). The molecular weight excluding hydrogens is 228 g/mol. The Morgan fingerprint density at radius 2 is 1.75 bits per heavy atom. The summed E-state index contributed by atoms with van der Waals surface area (Å²) < 4.78 is 1.52. The fourth-order valence-electron chi connectivity index (χ4n) is 1.19. The summed E-state index contributed by atoms with van der Waals surface area (Å²) in [6.45, 7) is 11.7. The molecule has 0 aliphatic heterocycles. The van der Waals surface area contributed by atoms with Crippen molar-refractivity contribution in [2.75, 3.05) is 0 Å². The Morgan fingerprint density at radius 1 is 1.25 bits per heavy atom. The highest BCUT2D eigenvalue weighted by atomic mass is 79.9. The lowest BCUT2D eigenvalue weighted by Crippen LogP contribution is -2.21. The third-order valence-corrected chi connectivity index (χ3v) is 7.93. The van der Waals surface area contributed by atoms with Gasteiger partial charge in [-0.1, -0.05) is 54.5 Å². The number of hydrogen-bond donors (Lipinski definition) is 0. The molecular formula is C10H21BrSi. The minimum atomic E-state index is -1.08. The third-order valence-electron chi connectivity index (χ3n) is 1.94. The maximum Gasteiger partial charge on any atom is 0.0864 e. The van der Waals surface area contributed by atoms with Crippen molar-refractivity contribution in [3.8, 4) is 0 Å². The van der Waals surface area contributed by atoms with Crippen molar-refractivity contribution in [1.29, 1.82) is 0 Å². The van der Waals surface area contributed by atoms with Gasteiger partial charge in [-0.25, -0.2) is 0 Å². The van der Waals surface area contributed by atoms with Crippen LogP contribution in [0.2, 0.25) is 19.6 Å². The van der Waals surface area contributed by atoms with E-state index in [1.807, 2.05) is 0 Å². The van der Waals surface area contributed by atoms with Crippen molar-refractivity contribution in [2.24, 2.45) is 0 Å². The fraction of sp³-hybridized carbons (Fsp3) is 0.800. The number of rotatable bonds is 4. The minimum Gasteiger partial charge on any atom is -0.0673 e. The van der Waals surface area contributed by atoms with Gasteiger partial charge in [-0.2, -0.15) is 0 Å². The van der Waals surface area contributed by atoms with Crippen LogP contribution in [0.1, 0.15) is 33.1 Å². The Kier molecular flexibility index (Phi) is 5.42. The smallest absolute Gasteiger partial charge is 0.0673 e. The van der Waals surface area contributed by atoms with Gasteiger partial charge in [0, 0.05) is 0 Å². The van der Waals surface area contributed by atoms with E-state index >= 15 is 0 Å². The molecule has 0 nitrogen and oxygen atoms in total. The second-order valence-corrected chi connectivity index (χ2v) is 11.0. The topological polar surface area (TPSA) is 0 Å². The number of hydrogen-bond acceptors (Lipinski definition) is 0. The van der Waals surface area contributed by atoms with Gasteiger partial charge in [0.15, 0.2) is 0 Å². The lowest BCUT2D eigenvalue weighted by molar-refractivity contribution is 0.787. The van der Waals surface area contributed by atoms with Crippen LogP contribution < -0.4 is 0 Å². The molecule has 0 bridgehead atoms. The van der Waals surface area contributed by atoms with Crippen molar-refractivity contribution in [3.05, 3.63) is 9.68 Å². The van der Waals surface area contributed by atoms with Gasteiger partial charge in [0.25, 0.3) is 0 Å². The van der Waals surface area contributed by atoms with E-state index in [-0.39, 0.29) is 0 Å². The molecule has 12 heavy (non-hydrogen) atoms. The minimum absolute atomic E-state index is 1.08. The number of halogens is 1. The van der Waals surface area contributed by atoms with Gasteiger partial charge in [-0.05, 0) is 23.9 Å². The molecule has 0 aromatic rings. The van der Waals surface area contributed by atoms with E-state index in [0.29, 0.717) is 0 Å². The molecule has 0 saturated carbocycles. The highest BCUT2D eigenvalue weighted by molar-refractivity contribution is 9.12. The van der Waals surface area contributed by atoms with Gasteiger partial charge < -0.3 is 0 Å². The lowest BCUT2D eigenvalue weighted by atomic mass is 10.2. The van der Waals surface area contributed by atoms with Crippen LogP contribution in [0.25, 0.3) is 0 Å². The molecule has 0 radical (unpaired) electrons. The van der Waals surface area contributed by atoms with Crippen LogP contribution >= 0.6 is 15.9 Å². The second-order valence-electron chi connectivity index (χ2n) is 4.45. The van der Waals surface area contributed by atoms with E-state index in [2.05, 4.69) is 49.4 Å². The Balaban J connectivity index is 4.26. The molecule has 0 amide bonds. The average Bonchev–Trinajstić information content (AvgIpc) is 1.97. The normalized spacial score (nSPS) is 14.5. The average molecular weight is 249 g/mol. The first-order valence-electron chi connectivity index (χ1n) is 4.75. The summed E-state index contributed by atoms with van der Waals surface area (Å²) in [4.78, 5) is 0. The molecule has 0 spiro atoms. The van der Waals surface area contributed by atoms with Crippen LogP contribution in [0.5, 0.6) is 0 Å². The summed E-state index contributed by atoms with van der Waals surface area (Å²) in [5.41, 5.74) is 1.57. The van der Waals surface area contributed by atoms with Gasteiger partial charge >= 0.3 is 0 Å². The summed E-state index contributed by atoms with van der Waals surface area (Å²) >= 11 is 3.74. The first-order valence-corrected chi connectivity index (χ1v) is 9.04. The zero-order chi connectivity index (χ0) is 9.78. The van der Waals surface area contributed by atoms with Crippen LogP contribution in [0.4, 0.5) is 0 Å². The zero-order valence-corrected chi connectivity index (χ0v) is 11.6. The fourth-order valence-corrected chi connectivity index (χ4v) is 2.80. The maximum absolute atomic E-state index is 3.74. The van der Waals surface area contributed by atoms with E-state index in [1.165, 1.54) is 23.4 Å². The molecule has 0 aromatic heterocycles. The van der Waals surface area contributed by atoms with Crippen molar-refractivity contribution in [2.45, 2.75) is 52.8 Å². The Labute approximate surface area is 86.6 Å². The first kappa shape index (κ1) is 12.4. The Morgan fingerprint density at radius 3 is 2.08 bits per heavy atom. The van der Waals surface area contributed by atoms with E-state index in [9.17, 15) is 0 Å². The molecule has 0 aromatic carbocycles. The van der Waals surface area contributed by atoms with E-state index in [4.69, 9.17) is 0 Å². The number of unbranched alkanes of at least 4 members (excludes halogenated alkanes) is 1. The number of allylic oxidation sites excluding steroid dienone is 1. The first-order chi connectivity index (χ1) is 5.39. The van der Waals surface area contributed by atoms with Crippen molar-refractivity contribution in [3.63, 3.8) is 0 Å². The zero-order valence-electron chi connectivity index (χ0n) is 9.00. The van der Waals surface area contributed by atoms with Crippen LogP contribution in [0.3, 0.4) is 0 Å². The molecule has 0 aliphatic carbocycles. The van der Waals surface area contributed by atoms with Crippen LogP contribution in [0.15, 0.2) is 9.68 Å². The van der Waals surface area contributed by atoms with E-state index in [1.54, 1.807) is 5.57 Å². The summed E-state index contributed by atoms with van der Waals surface area (Å²) in [6.07, 6.45) is 3.89. The molecule has 0 N–H and O–H groups in total. The molecule has 2 heteroatoms. The van der Waals surface area contributed by atoms with Gasteiger partial charge in [0.2, 0.25) is 0 Å². The summed E-state index contributed by atoms with van der Waals surface area (Å²) in [6, 6.07) is 0. The van der Waals surface area contributed by atoms with Crippen molar-refractivity contribution < 1.29 is 0 Å². The summed E-state index contributed by atoms with van der Waals surface area (Å²) in [5, 5.41) is 0. The maximum atomic E-state index is 3.74. The molecule has 0 fully saturated rings. The van der Waals surface area contributed by atoms with E-state index in [0.717, 1.165) is 0 Å². The molecule has 0 saturated heterocycles. The van der Waals surface area contributed by atoms with Gasteiger partial charge in [-0.15, -0.1) is 0 Å². The van der Waals surface area contributed by atoms with Crippen LogP contribution in [-0.4, -0.2) is 8.07 Å². The van der Waals surface area contributed by atoms with Crippen molar-refractivity contribution >= 4 is 24.0 Å². The largest absolute Gasteiger partial charge is 0.0864 e. The molecule has 0 heterocycles. The third kappa shape index (κ3) is 4.46. The lowest BCUT2D eigenvalue weighted by Gasteiger charge is -2.18. The Hall–Kier alpha value is 0.437. The Bertz CT molecular complexity index is 165. The molecule has 0 aliphatic rings. The quantitative estimate of drug-likeness (QED) is 0.632. The summed E-state index contributed by atoms with van der Waals surface area (Å²) in [5.74, 6) is 0. The highest BCUT2D eigenvalue weighted by Gasteiger charge is 2.18. The van der Waals surface area contributed by atoms with Crippen LogP contribution in [-0.2, 0) is 0 Å². The molecule has 0 atom stereocenters. The van der Waals surface area contributed by atoms with Gasteiger partial charge in [-0.3, -0.25) is 0 Å². The molecule has 0 unspecified atom stereocenters. The van der Waals surface area contributed by atoms with Gasteiger partial charge in [0.1, 0.15) is 0 Å². The second kappa shape index (κ2) is 5.23. The predicted octanol–water partition coefficient (Wildman–Crippen LogP) is 4.72. The van der Waals surface area contributed by atoms with Crippen LogP contribution in [0, 0.1) is 0 Å². The van der Waals surface area contributed by atoms with Crippen molar-refractivity contribution in [1.82, 2.24) is 0 Å². The summed E-state index contributed by atoms with van der Waals surface area (Å²) in [7, 11) is -1.08. The monoisotopic (exact) mass is 248 g/mol. The molecule has 72 valence electrons. The van der Waals surface area contributed by atoms with Gasteiger partial charge in [0.05, 0.1) is 8.07 Å². The predicted molar refractivity (Wildman–Crippen MR) is 64.5 cm³/mol. The highest BCUT2D eigenvalue weighted by Crippen LogP contribution is 2.26. The van der Waals surface area contributed by atoms with E-state index < -0.39 is 8.07 Å². The SMILES string of the molecule is CCCC/C(C)=C(/Br)[Si](C)(C)C. The standard InChI is InChI=1S/C10H21BrSi/c1-6-7-8-9(2)10(11)12(3,4)5/h6-8H2,1-5H3/b10-9-.